The monoisotopic (exact) mass is 242 g/mol. The fourth-order valence-corrected chi connectivity index (χ4v) is 2.04. The van der Waals surface area contributed by atoms with Crippen LogP contribution in [-0.4, -0.2) is 31.1 Å². The van der Waals surface area contributed by atoms with Gasteiger partial charge in [-0.2, -0.15) is 4.98 Å². The van der Waals surface area contributed by atoms with Crippen molar-refractivity contribution < 1.29 is 0 Å². The smallest absolute Gasteiger partial charge is 0.251 e. The van der Waals surface area contributed by atoms with Gasteiger partial charge in [0.15, 0.2) is 5.82 Å². The molecule has 18 heavy (non-hydrogen) atoms. The van der Waals surface area contributed by atoms with Gasteiger partial charge in [-0.1, -0.05) is 0 Å². The predicted molar refractivity (Wildman–Crippen MR) is 68.1 cm³/mol. The third-order valence-corrected chi connectivity index (χ3v) is 2.92. The Bertz CT molecular complexity index is 667. The molecule has 0 spiro atoms. The van der Waals surface area contributed by atoms with Crippen molar-refractivity contribution in [2.24, 2.45) is 5.73 Å². The molecule has 0 saturated heterocycles. The van der Waals surface area contributed by atoms with E-state index in [0.717, 1.165) is 29.2 Å². The van der Waals surface area contributed by atoms with E-state index in [1.807, 2.05) is 23.6 Å². The normalized spacial score (nSPS) is 11.2. The number of nitrogens with two attached hydrogens (primary N) is 1. The Balaban J connectivity index is 2.12. The number of pyridine rings is 1. The molecule has 3 aromatic heterocycles. The summed E-state index contributed by atoms with van der Waals surface area (Å²) in [5, 5.41) is 3.25. The Morgan fingerprint density at radius 2 is 2.06 bits per heavy atom. The molecule has 92 valence electrons. The van der Waals surface area contributed by atoms with Gasteiger partial charge in [0.1, 0.15) is 0 Å². The highest BCUT2D eigenvalue weighted by molar-refractivity contribution is 5.56. The highest BCUT2D eigenvalue weighted by Crippen LogP contribution is 2.17. The van der Waals surface area contributed by atoms with Crippen LogP contribution in [0.1, 0.15) is 11.4 Å². The van der Waals surface area contributed by atoms with Crippen molar-refractivity contribution in [1.29, 1.82) is 0 Å². The van der Waals surface area contributed by atoms with Gasteiger partial charge in [0.25, 0.3) is 5.78 Å². The second kappa shape index (κ2) is 4.23. The van der Waals surface area contributed by atoms with Crippen molar-refractivity contribution in [2.75, 3.05) is 6.54 Å². The molecule has 0 amide bonds. The van der Waals surface area contributed by atoms with Gasteiger partial charge in [0.2, 0.25) is 0 Å². The average molecular weight is 242 g/mol. The topological polar surface area (TPSA) is 84.9 Å². The van der Waals surface area contributed by atoms with Gasteiger partial charge in [-0.25, -0.2) is 9.50 Å². The van der Waals surface area contributed by atoms with E-state index in [1.165, 1.54) is 0 Å². The van der Waals surface area contributed by atoms with Gasteiger partial charge < -0.3 is 5.73 Å². The van der Waals surface area contributed by atoms with Crippen LogP contribution >= 0.6 is 0 Å². The van der Waals surface area contributed by atoms with Crippen LogP contribution in [0, 0.1) is 6.92 Å². The van der Waals surface area contributed by atoms with Gasteiger partial charge in [-0.05, 0) is 25.6 Å². The SMILES string of the molecule is Cc1nc2nc(-c3ccncc3)[nH]n2c1CCN. The Hall–Kier alpha value is -2.21. The number of hydrogen-bond acceptors (Lipinski definition) is 4. The Kier molecular flexibility index (Phi) is 2.56. The van der Waals surface area contributed by atoms with Gasteiger partial charge in [0.05, 0.1) is 11.4 Å². The molecule has 0 fully saturated rings. The van der Waals surface area contributed by atoms with Crippen molar-refractivity contribution in [2.45, 2.75) is 13.3 Å². The van der Waals surface area contributed by atoms with Crippen molar-refractivity contribution in [3.8, 4) is 11.4 Å². The summed E-state index contributed by atoms with van der Waals surface area (Å²) in [5.74, 6) is 1.47. The zero-order chi connectivity index (χ0) is 12.5. The summed E-state index contributed by atoms with van der Waals surface area (Å²) < 4.78 is 1.90. The number of nitrogens with zero attached hydrogens (tertiary/aromatic N) is 4. The fraction of sp³-hybridized carbons (Fsp3) is 0.250. The molecule has 0 radical (unpaired) electrons. The molecule has 3 aromatic rings. The first kappa shape index (κ1) is 10.9. The lowest BCUT2D eigenvalue weighted by Gasteiger charge is -1.98. The van der Waals surface area contributed by atoms with E-state index in [1.54, 1.807) is 12.4 Å². The van der Waals surface area contributed by atoms with Gasteiger partial charge in [-0.15, -0.1) is 0 Å². The van der Waals surface area contributed by atoms with Crippen LogP contribution in [0.2, 0.25) is 0 Å². The number of fused-ring (bicyclic) bond motifs is 1. The maximum atomic E-state index is 5.61. The second-order valence-corrected chi connectivity index (χ2v) is 4.13. The number of hydrogen-bond donors (Lipinski definition) is 2. The number of aryl methyl sites for hydroxylation is 1. The van der Waals surface area contributed by atoms with E-state index in [-0.39, 0.29) is 0 Å². The zero-order valence-electron chi connectivity index (χ0n) is 10.1. The van der Waals surface area contributed by atoms with Crippen molar-refractivity contribution in [3.63, 3.8) is 0 Å². The molecule has 0 aliphatic heterocycles. The first-order valence-electron chi connectivity index (χ1n) is 5.84. The molecule has 6 heteroatoms. The van der Waals surface area contributed by atoms with Crippen molar-refractivity contribution in [3.05, 3.63) is 35.9 Å². The molecule has 3 N–H and O–H groups in total. The van der Waals surface area contributed by atoms with E-state index in [4.69, 9.17) is 5.73 Å². The first-order chi connectivity index (χ1) is 8.79. The summed E-state index contributed by atoms with van der Waals surface area (Å²) in [4.78, 5) is 12.9. The van der Waals surface area contributed by atoms with Crippen LogP contribution in [0.5, 0.6) is 0 Å². The standard InChI is InChI=1S/C12H14N6/c1-8-10(2-5-13)18-12(15-8)16-11(17-18)9-3-6-14-7-4-9/h3-4,6-7H,2,5,13H2,1H3,(H,15,16,17). The minimum absolute atomic E-state index is 0.595. The minimum atomic E-state index is 0.595. The largest absolute Gasteiger partial charge is 0.330 e. The van der Waals surface area contributed by atoms with Crippen molar-refractivity contribution in [1.82, 2.24) is 24.6 Å². The Morgan fingerprint density at radius 3 is 2.78 bits per heavy atom. The number of aromatic amines is 1. The fourth-order valence-electron chi connectivity index (χ4n) is 2.04. The molecule has 0 bridgehead atoms. The maximum absolute atomic E-state index is 5.61. The molecule has 0 aliphatic carbocycles. The Morgan fingerprint density at radius 1 is 1.28 bits per heavy atom. The van der Waals surface area contributed by atoms with Gasteiger partial charge >= 0.3 is 0 Å². The zero-order valence-corrected chi connectivity index (χ0v) is 10.1. The molecule has 0 unspecified atom stereocenters. The minimum Gasteiger partial charge on any atom is -0.330 e. The molecule has 0 atom stereocenters. The molecular weight excluding hydrogens is 228 g/mol. The van der Waals surface area contributed by atoms with E-state index in [2.05, 4.69) is 20.1 Å². The van der Waals surface area contributed by atoms with Crippen molar-refractivity contribution >= 4 is 5.78 Å². The number of nitrogens with one attached hydrogen (secondary N) is 1. The quantitative estimate of drug-likeness (QED) is 0.715. The van der Waals surface area contributed by atoms with Crippen LogP contribution in [-0.2, 0) is 6.42 Å². The highest BCUT2D eigenvalue weighted by Gasteiger charge is 2.12. The predicted octanol–water partition coefficient (Wildman–Crippen LogP) is 0.929. The highest BCUT2D eigenvalue weighted by atomic mass is 15.3. The number of H-pyrrole nitrogens is 1. The third kappa shape index (κ3) is 1.67. The average Bonchev–Trinajstić information content (AvgIpc) is 2.91. The van der Waals surface area contributed by atoms with Gasteiger partial charge in [0, 0.05) is 24.4 Å². The number of rotatable bonds is 3. The van der Waals surface area contributed by atoms with Crippen LogP contribution < -0.4 is 5.73 Å². The van der Waals surface area contributed by atoms with E-state index in [0.29, 0.717) is 12.3 Å². The number of aromatic nitrogens is 5. The maximum Gasteiger partial charge on any atom is 0.251 e. The van der Waals surface area contributed by atoms with E-state index < -0.39 is 0 Å². The molecule has 0 saturated carbocycles. The van der Waals surface area contributed by atoms with Crippen LogP contribution in [0.25, 0.3) is 17.2 Å². The summed E-state index contributed by atoms with van der Waals surface area (Å²) in [6, 6.07) is 3.82. The summed E-state index contributed by atoms with van der Waals surface area (Å²) in [6.07, 6.45) is 4.27. The van der Waals surface area contributed by atoms with E-state index in [9.17, 15) is 0 Å². The van der Waals surface area contributed by atoms with E-state index >= 15 is 0 Å². The molecule has 3 rings (SSSR count). The summed E-state index contributed by atoms with van der Waals surface area (Å²) in [5.41, 5.74) is 8.66. The lowest BCUT2D eigenvalue weighted by Crippen LogP contribution is -2.06. The molecule has 3 heterocycles. The summed E-state index contributed by atoms with van der Waals surface area (Å²) >= 11 is 0. The summed E-state index contributed by atoms with van der Waals surface area (Å²) in [6.45, 7) is 2.57. The molecular formula is C12H14N6. The molecule has 6 nitrogen and oxygen atoms in total. The molecule has 0 aliphatic rings. The lowest BCUT2D eigenvalue weighted by molar-refractivity contribution is 0.835. The van der Waals surface area contributed by atoms with Crippen LogP contribution in [0.3, 0.4) is 0 Å². The summed E-state index contributed by atoms with van der Waals surface area (Å²) in [7, 11) is 0. The third-order valence-electron chi connectivity index (χ3n) is 2.92. The van der Waals surface area contributed by atoms with Crippen LogP contribution in [0.15, 0.2) is 24.5 Å². The first-order valence-corrected chi connectivity index (χ1v) is 5.84. The Labute approximate surface area is 104 Å². The van der Waals surface area contributed by atoms with Gasteiger partial charge in [-0.3, -0.25) is 10.1 Å². The number of imidazole rings is 1. The molecule has 0 aromatic carbocycles. The second-order valence-electron chi connectivity index (χ2n) is 4.13. The lowest BCUT2D eigenvalue weighted by atomic mass is 10.2. The van der Waals surface area contributed by atoms with Crippen LogP contribution in [0.4, 0.5) is 0 Å².